The molecule has 0 fully saturated rings. The second-order valence-corrected chi connectivity index (χ2v) is 10.1. The summed E-state index contributed by atoms with van der Waals surface area (Å²) in [5.74, 6) is 0.153. The molecule has 0 saturated heterocycles. The third-order valence-electron chi connectivity index (χ3n) is 4.84. The van der Waals surface area contributed by atoms with Gasteiger partial charge in [0.25, 0.3) is 5.89 Å². The average Bonchev–Trinajstić information content (AvgIpc) is 3.30. The van der Waals surface area contributed by atoms with E-state index in [0.29, 0.717) is 11.4 Å². The molecular weight excluding hydrogens is 487 g/mol. The normalized spacial score (nSPS) is 11.2. The minimum Gasteiger partial charge on any atom is -0.396 e. The Hall–Kier alpha value is -3.90. The number of aliphatic hydroxyl groups is 1. The first kappa shape index (κ1) is 26.7. The zero-order valence-corrected chi connectivity index (χ0v) is 20.8. The molecule has 0 amide bonds. The van der Waals surface area contributed by atoms with Crippen LogP contribution in [0.5, 0.6) is 0 Å². The molecular formula is C24H27FN6O4S. The first-order valence-electron chi connectivity index (χ1n) is 11.0. The van der Waals surface area contributed by atoms with Crippen LogP contribution in [0.25, 0.3) is 11.5 Å². The summed E-state index contributed by atoms with van der Waals surface area (Å²) >= 11 is 0. The third kappa shape index (κ3) is 7.06. The molecule has 0 bridgehead atoms. The first-order chi connectivity index (χ1) is 17.1. The number of hydrogen-bond acceptors (Lipinski definition) is 10. The molecule has 0 saturated carbocycles. The van der Waals surface area contributed by atoms with Gasteiger partial charge in [0, 0.05) is 30.7 Å². The van der Waals surface area contributed by atoms with E-state index in [4.69, 9.17) is 15.4 Å². The van der Waals surface area contributed by atoms with Crippen LogP contribution in [0.2, 0.25) is 0 Å². The van der Waals surface area contributed by atoms with Crippen molar-refractivity contribution in [3.8, 4) is 11.5 Å². The minimum absolute atomic E-state index is 0.0929. The number of aromatic nitrogens is 4. The van der Waals surface area contributed by atoms with Crippen molar-refractivity contribution in [2.75, 3.05) is 23.9 Å². The molecule has 2 aromatic heterocycles. The smallest absolute Gasteiger partial charge is 0.263 e. The lowest BCUT2D eigenvalue weighted by Gasteiger charge is -2.08. The molecule has 2 heterocycles. The van der Waals surface area contributed by atoms with Gasteiger partial charge in [0.1, 0.15) is 22.1 Å². The van der Waals surface area contributed by atoms with Gasteiger partial charge in [-0.05, 0) is 30.2 Å². The molecule has 0 aliphatic heterocycles. The Morgan fingerprint density at radius 3 is 2.42 bits per heavy atom. The Balaban J connectivity index is 0.000000338. The summed E-state index contributed by atoms with van der Waals surface area (Å²) in [4.78, 5) is 12.0. The molecule has 0 radical (unpaired) electrons. The van der Waals surface area contributed by atoms with Crippen LogP contribution < -0.4 is 11.1 Å². The summed E-state index contributed by atoms with van der Waals surface area (Å²) in [6.07, 6.45) is 3.10. The first-order valence-corrected chi connectivity index (χ1v) is 12.9. The number of hydrogen-bond donors (Lipinski definition) is 3. The highest BCUT2D eigenvalue weighted by Gasteiger charge is 2.17. The van der Waals surface area contributed by atoms with Crippen LogP contribution in [0, 0.1) is 5.82 Å². The number of nitrogen functional groups attached to an aromatic ring is 1. The van der Waals surface area contributed by atoms with E-state index in [0.717, 1.165) is 24.8 Å². The van der Waals surface area contributed by atoms with Gasteiger partial charge in [0.05, 0.1) is 0 Å². The fourth-order valence-corrected chi connectivity index (χ4v) is 3.71. The van der Waals surface area contributed by atoms with E-state index in [1.807, 2.05) is 44.2 Å². The van der Waals surface area contributed by atoms with E-state index in [1.165, 1.54) is 17.8 Å². The lowest BCUT2D eigenvalue weighted by atomic mass is 10.2. The Morgan fingerprint density at radius 2 is 1.86 bits per heavy atom. The van der Waals surface area contributed by atoms with E-state index in [1.54, 1.807) is 0 Å². The molecule has 4 N–H and O–H groups in total. The molecule has 190 valence electrons. The summed E-state index contributed by atoms with van der Waals surface area (Å²) in [6, 6.07) is 13.6. The molecule has 0 aliphatic rings. The molecule has 0 spiro atoms. The Kier molecular flexibility index (Phi) is 8.67. The molecule has 10 nitrogen and oxygen atoms in total. The van der Waals surface area contributed by atoms with Gasteiger partial charge in [-0.25, -0.2) is 17.8 Å². The van der Waals surface area contributed by atoms with E-state index in [2.05, 4.69) is 25.4 Å². The van der Waals surface area contributed by atoms with Crippen LogP contribution >= 0.6 is 0 Å². The Morgan fingerprint density at radius 1 is 1.14 bits per heavy atom. The maximum atomic E-state index is 14.0. The van der Waals surface area contributed by atoms with Gasteiger partial charge >= 0.3 is 0 Å². The second kappa shape index (κ2) is 11.7. The van der Waals surface area contributed by atoms with Crippen molar-refractivity contribution in [3.63, 3.8) is 0 Å². The van der Waals surface area contributed by atoms with Gasteiger partial charge in [-0.3, -0.25) is 0 Å². The molecule has 0 aliphatic carbocycles. The third-order valence-corrected chi connectivity index (χ3v) is 5.97. The zero-order valence-electron chi connectivity index (χ0n) is 20.0. The summed E-state index contributed by atoms with van der Waals surface area (Å²) in [7, 11) is -3.65. The highest BCUT2D eigenvalue weighted by atomic mass is 32.2. The number of rotatable bonds is 7. The van der Waals surface area contributed by atoms with Crippen LogP contribution in [-0.2, 0) is 16.3 Å². The van der Waals surface area contributed by atoms with Crippen LogP contribution in [0.3, 0.4) is 0 Å². The van der Waals surface area contributed by atoms with Crippen molar-refractivity contribution in [1.29, 1.82) is 0 Å². The number of nitrogens with two attached hydrogens (primary N) is 1. The number of aliphatic hydroxyl groups excluding tert-OH is 1. The summed E-state index contributed by atoms with van der Waals surface area (Å²) in [6.45, 7) is 4.09. The highest BCUT2D eigenvalue weighted by Crippen LogP contribution is 2.26. The topological polar surface area (TPSA) is 157 Å². The Labute approximate surface area is 208 Å². The molecule has 36 heavy (non-hydrogen) atoms. The van der Waals surface area contributed by atoms with E-state index < -0.39 is 15.7 Å². The van der Waals surface area contributed by atoms with Crippen molar-refractivity contribution in [2.45, 2.75) is 31.1 Å². The predicted octanol–water partition coefficient (Wildman–Crippen LogP) is 3.74. The molecule has 4 aromatic rings. The van der Waals surface area contributed by atoms with Gasteiger partial charge in [-0.15, -0.1) is 0 Å². The number of anilines is 3. The molecule has 12 heteroatoms. The second-order valence-electron chi connectivity index (χ2n) is 8.11. The number of nitrogens with one attached hydrogen (secondary N) is 1. The average molecular weight is 515 g/mol. The fraction of sp³-hybridized carbons (Fsp3) is 0.250. The molecule has 2 aromatic carbocycles. The van der Waals surface area contributed by atoms with Crippen LogP contribution in [0.4, 0.5) is 21.8 Å². The monoisotopic (exact) mass is 514 g/mol. The zero-order chi connectivity index (χ0) is 26.3. The minimum atomic E-state index is -3.65. The summed E-state index contributed by atoms with van der Waals surface area (Å²) in [5, 5.41) is 15.1. The van der Waals surface area contributed by atoms with Crippen molar-refractivity contribution < 1.29 is 22.4 Å². The highest BCUT2D eigenvalue weighted by molar-refractivity contribution is 7.90. The van der Waals surface area contributed by atoms with Gasteiger partial charge in [0.15, 0.2) is 15.7 Å². The standard InChI is InChI=1S/C16H17FN6O3S.C8H10O/c1-8(2)14-22-15(26-23-14)10-7-19-16(21-13(10)18)20-9-4-5-12(11(17)6-9)27(3,24)25;9-7-6-8-4-2-1-3-5-8/h4-8H,1-3H3,(H3,18,19,20,21);1-5,9H,6-7H2. The van der Waals surface area contributed by atoms with Crippen molar-refractivity contribution in [3.05, 3.63) is 71.9 Å². The van der Waals surface area contributed by atoms with Crippen molar-refractivity contribution >= 4 is 27.3 Å². The van der Waals surface area contributed by atoms with Gasteiger partial charge in [0.2, 0.25) is 5.95 Å². The maximum Gasteiger partial charge on any atom is 0.263 e. The van der Waals surface area contributed by atoms with E-state index in [-0.39, 0.29) is 40.8 Å². The van der Waals surface area contributed by atoms with Crippen molar-refractivity contribution in [2.24, 2.45) is 0 Å². The number of sulfone groups is 1. The fourth-order valence-electron chi connectivity index (χ4n) is 2.98. The van der Waals surface area contributed by atoms with Crippen LogP contribution in [0.1, 0.15) is 31.2 Å². The van der Waals surface area contributed by atoms with Crippen molar-refractivity contribution in [1.82, 2.24) is 20.1 Å². The lowest BCUT2D eigenvalue weighted by Crippen LogP contribution is -2.04. The summed E-state index contributed by atoms with van der Waals surface area (Å²) < 4.78 is 42.1. The van der Waals surface area contributed by atoms with Crippen LogP contribution in [0.15, 0.2) is 64.1 Å². The largest absolute Gasteiger partial charge is 0.396 e. The van der Waals surface area contributed by atoms with E-state index in [9.17, 15) is 12.8 Å². The number of benzene rings is 2. The molecule has 0 atom stereocenters. The van der Waals surface area contributed by atoms with Crippen LogP contribution in [-0.4, -0.2) is 46.5 Å². The van der Waals surface area contributed by atoms with Gasteiger partial charge < -0.3 is 20.7 Å². The maximum absolute atomic E-state index is 14.0. The lowest BCUT2D eigenvalue weighted by molar-refractivity contribution is 0.299. The van der Waals surface area contributed by atoms with Gasteiger partial charge in [-0.2, -0.15) is 9.97 Å². The van der Waals surface area contributed by atoms with E-state index >= 15 is 0 Å². The van der Waals surface area contributed by atoms with Gasteiger partial charge in [-0.1, -0.05) is 49.3 Å². The SMILES string of the molecule is CC(C)c1noc(-c2cnc(Nc3ccc(S(C)(=O)=O)c(F)c3)nc2N)n1.OCCc1ccccc1. The predicted molar refractivity (Wildman–Crippen MR) is 134 cm³/mol. The molecule has 4 rings (SSSR count). The number of halogens is 1. The number of nitrogens with zero attached hydrogens (tertiary/aromatic N) is 4. The molecule has 0 unspecified atom stereocenters. The Bertz CT molecular complexity index is 1410. The summed E-state index contributed by atoms with van der Waals surface area (Å²) in [5.41, 5.74) is 7.77. The quantitative estimate of drug-likeness (QED) is 0.332.